The zero-order chi connectivity index (χ0) is 20.6. The van der Waals surface area contributed by atoms with Gasteiger partial charge in [0.1, 0.15) is 5.76 Å². The van der Waals surface area contributed by atoms with Crippen molar-refractivity contribution < 1.29 is 18.9 Å². The first-order valence-electron chi connectivity index (χ1n) is 9.44. The van der Waals surface area contributed by atoms with Crippen molar-refractivity contribution in [2.75, 3.05) is 29.9 Å². The molecule has 1 atom stereocenters. The predicted octanol–water partition coefficient (Wildman–Crippen LogP) is 2.13. The van der Waals surface area contributed by atoms with Crippen LogP contribution in [-0.4, -0.2) is 52.4 Å². The Kier molecular flexibility index (Phi) is 7.29. The molecule has 2 heterocycles. The highest BCUT2D eigenvalue weighted by Crippen LogP contribution is 2.19. The van der Waals surface area contributed by atoms with Crippen molar-refractivity contribution in [2.24, 2.45) is 0 Å². The summed E-state index contributed by atoms with van der Waals surface area (Å²) < 4.78 is 4.89. The van der Waals surface area contributed by atoms with Crippen LogP contribution < -0.4 is 10.6 Å². The van der Waals surface area contributed by atoms with Crippen molar-refractivity contribution in [1.82, 2.24) is 15.4 Å². The lowest BCUT2D eigenvalue weighted by atomic mass is 10.1. The first-order valence-corrected chi connectivity index (χ1v) is 10.6. The molecule has 3 amide bonds. The first-order chi connectivity index (χ1) is 14.0. The highest BCUT2D eigenvalue weighted by Gasteiger charge is 2.25. The van der Waals surface area contributed by atoms with Gasteiger partial charge in [0.25, 0.3) is 0 Å². The van der Waals surface area contributed by atoms with E-state index in [1.165, 1.54) is 11.8 Å². The molecule has 2 aromatic rings. The van der Waals surface area contributed by atoms with Gasteiger partial charge < -0.3 is 20.1 Å². The Morgan fingerprint density at radius 1 is 1.24 bits per heavy atom. The number of anilines is 1. The maximum atomic E-state index is 12.4. The summed E-state index contributed by atoms with van der Waals surface area (Å²) in [5, 5.41) is 9.31. The number of benzene rings is 1. The van der Waals surface area contributed by atoms with Crippen LogP contribution in [0.5, 0.6) is 0 Å². The maximum absolute atomic E-state index is 12.4. The Morgan fingerprint density at radius 2 is 2.00 bits per heavy atom. The van der Waals surface area contributed by atoms with E-state index in [-0.39, 0.29) is 35.3 Å². The molecule has 8 nitrogen and oxygen atoms in total. The largest absolute Gasteiger partial charge is 0.360 e. The third-order valence-corrected chi connectivity index (χ3v) is 5.41. The molecule has 1 aliphatic rings. The van der Waals surface area contributed by atoms with Crippen LogP contribution in [0, 0.1) is 6.92 Å². The molecule has 1 fully saturated rings. The van der Waals surface area contributed by atoms with Crippen molar-refractivity contribution >= 4 is 35.3 Å². The lowest BCUT2D eigenvalue weighted by Crippen LogP contribution is -2.39. The summed E-state index contributed by atoms with van der Waals surface area (Å²) in [5.41, 5.74) is 0.949. The van der Waals surface area contributed by atoms with Crippen LogP contribution in [0.1, 0.15) is 30.2 Å². The second-order valence-corrected chi connectivity index (χ2v) is 7.82. The zero-order valence-electron chi connectivity index (χ0n) is 16.2. The van der Waals surface area contributed by atoms with Crippen molar-refractivity contribution in [3.05, 3.63) is 47.7 Å². The molecule has 1 aromatic heterocycles. The van der Waals surface area contributed by atoms with Crippen LogP contribution in [0.2, 0.25) is 0 Å². The predicted molar refractivity (Wildman–Crippen MR) is 110 cm³/mol. The summed E-state index contributed by atoms with van der Waals surface area (Å²) in [4.78, 5) is 38.1. The van der Waals surface area contributed by atoms with Gasteiger partial charge in [-0.2, -0.15) is 0 Å². The Hall–Kier alpha value is -2.81. The van der Waals surface area contributed by atoms with Crippen molar-refractivity contribution in [3.63, 3.8) is 0 Å². The zero-order valence-corrected chi connectivity index (χ0v) is 17.0. The molecule has 1 aromatic carbocycles. The number of hydrogen-bond acceptors (Lipinski definition) is 6. The van der Waals surface area contributed by atoms with Gasteiger partial charge >= 0.3 is 0 Å². The van der Waals surface area contributed by atoms with Gasteiger partial charge in [-0.25, -0.2) is 0 Å². The van der Waals surface area contributed by atoms with Crippen LogP contribution in [0.3, 0.4) is 0 Å². The summed E-state index contributed by atoms with van der Waals surface area (Å²) in [5.74, 6) is 0.920. The molecule has 0 radical (unpaired) electrons. The van der Waals surface area contributed by atoms with Gasteiger partial charge in [-0.1, -0.05) is 35.5 Å². The summed E-state index contributed by atoms with van der Waals surface area (Å²) in [7, 11) is 0. The maximum Gasteiger partial charge on any atom is 0.235 e. The minimum absolute atomic E-state index is 0.120. The molecule has 2 N–H and O–H groups in total. The Morgan fingerprint density at radius 3 is 2.66 bits per heavy atom. The van der Waals surface area contributed by atoms with E-state index in [2.05, 4.69) is 15.8 Å². The van der Waals surface area contributed by atoms with Crippen LogP contribution >= 0.6 is 11.8 Å². The van der Waals surface area contributed by atoms with E-state index < -0.39 is 0 Å². The van der Waals surface area contributed by atoms with Gasteiger partial charge in [0.15, 0.2) is 5.82 Å². The fraction of sp³-hybridized carbons (Fsp3) is 0.400. The number of thioether (sulfide) groups is 1. The fourth-order valence-electron chi connectivity index (χ4n) is 3.11. The van der Waals surface area contributed by atoms with Crippen molar-refractivity contribution in [1.29, 1.82) is 0 Å². The SMILES string of the molecule is Cc1cc(NC(=O)CSCC(=O)NC(CN2CCCC2=O)c2ccccc2)no1. The van der Waals surface area contributed by atoms with Crippen molar-refractivity contribution in [3.8, 4) is 0 Å². The quantitative estimate of drug-likeness (QED) is 0.649. The average Bonchev–Trinajstić information content (AvgIpc) is 3.29. The molecule has 0 spiro atoms. The number of aromatic nitrogens is 1. The number of aryl methyl sites for hydroxylation is 1. The van der Waals surface area contributed by atoms with E-state index in [0.29, 0.717) is 31.1 Å². The monoisotopic (exact) mass is 416 g/mol. The number of nitrogens with zero attached hydrogens (tertiary/aromatic N) is 2. The molecular weight excluding hydrogens is 392 g/mol. The molecule has 9 heteroatoms. The van der Waals surface area contributed by atoms with Gasteiger partial charge in [-0.3, -0.25) is 14.4 Å². The summed E-state index contributed by atoms with van der Waals surface area (Å²) in [6.07, 6.45) is 1.41. The topological polar surface area (TPSA) is 105 Å². The lowest BCUT2D eigenvalue weighted by Gasteiger charge is -2.25. The summed E-state index contributed by atoms with van der Waals surface area (Å²) in [6, 6.07) is 10.9. The van der Waals surface area contributed by atoms with Gasteiger partial charge in [0, 0.05) is 25.6 Å². The van der Waals surface area contributed by atoms with E-state index in [0.717, 1.165) is 12.0 Å². The fourth-order valence-corrected chi connectivity index (χ4v) is 3.74. The number of carbonyl (C=O) groups is 3. The number of carbonyl (C=O) groups excluding carboxylic acids is 3. The smallest absolute Gasteiger partial charge is 0.235 e. The summed E-state index contributed by atoms with van der Waals surface area (Å²) >= 11 is 1.21. The average molecular weight is 417 g/mol. The molecule has 29 heavy (non-hydrogen) atoms. The first kappa shape index (κ1) is 20.9. The lowest BCUT2D eigenvalue weighted by molar-refractivity contribution is -0.128. The van der Waals surface area contributed by atoms with Crippen LogP contribution in [0.15, 0.2) is 40.9 Å². The second-order valence-electron chi connectivity index (χ2n) is 6.84. The number of rotatable bonds is 9. The third kappa shape index (κ3) is 6.35. The van der Waals surface area contributed by atoms with E-state index >= 15 is 0 Å². The van der Waals surface area contributed by atoms with E-state index in [9.17, 15) is 14.4 Å². The second kappa shape index (κ2) is 10.1. The minimum Gasteiger partial charge on any atom is -0.360 e. The Bertz CT molecular complexity index is 855. The normalized spacial score (nSPS) is 14.7. The number of likely N-dealkylation sites (tertiary alicyclic amines) is 1. The molecule has 3 rings (SSSR count). The van der Waals surface area contributed by atoms with E-state index in [1.807, 2.05) is 30.3 Å². The van der Waals surface area contributed by atoms with E-state index in [1.54, 1.807) is 17.9 Å². The molecule has 0 bridgehead atoms. The van der Waals surface area contributed by atoms with E-state index in [4.69, 9.17) is 4.52 Å². The molecular formula is C20H24N4O4S. The number of amides is 3. The highest BCUT2D eigenvalue weighted by atomic mass is 32.2. The van der Waals surface area contributed by atoms with Gasteiger partial charge in [0.05, 0.1) is 17.5 Å². The summed E-state index contributed by atoms with van der Waals surface area (Å²) in [6.45, 7) is 2.90. The third-order valence-electron chi connectivity index (χ3n) is 4.47. The molecule has 0 aliphatic carbocycles. The van der Waals surface area contributed by atoms with Crippen LogP contribution in [-0.2, 0) is 14.4 Å². The van der Waals surface area contributed by atoms with Crippen LogP contribution in [0.25, 0.3) is 0 Å². The number of hydrogen-bond donors (Lipinski definition) is 2. The highest BCUT2D eigenvalue weighted by molar-refractivity contribution is 8.00. The molecule has 1 unspecified atom stereocenters. The molecule has 0 saturated carbocycles. The van der Waals surface area contributed by atoms with Crippen LogP contribution in [0.4, 0.5) is 5.82 Å². The number of nitrogens with one attached hydrogen (secondary N) is 2. The molecule has 154 valence electrons. The Balaban J connectivity index is 1.48. The van der Waals surface area contributed by atoms with Crippen molar-refractivity contribution in [2.45, 2.75) is 25.8 Å². The van der Waals surface area contributed by atoms with Gasteiger partial charge in [-0.15, -0.1) is 11.8 Å². The minimum atomic E-state index is -0.279. The molecule has 1 saturated heterocycles. The van der Waals surface area contributed by atoms with Gasteiger partial charge in [-0.05, 0) is 18.9 Å². The Labute approximate surface area is 173 Å². The van der Waals surface area contributed by atoms with Gasteiger partial charge in [0.2, 0.25) is 17.7 Å². The standard InChI is InChI=1S/C20H24N4O4S/c1-14-10-17(23-28-14)22-19(26)13-29-12-18(25)21-16(15-6-3-2-4-7-15)11-24-9-5-8-20(24)27/h2-4,6-7,10,16H,5,8-9,11-13H2,1H3,(H,21,25)(H,22,23,26). The molecule has 1 aliphatic heterocycles.